The minimum absolute atomic E-state index is 0.0107. The smallest absolute Gasteiger partial charge is 0.230 e. The zero-order chi connectivity index (χ0) is 20.9. The van der Waals surface area contributed by atoms with E-state index in [9.17, 15) is 4.79 Å². The number of amides is 1. The van der Waals surface area contributed by atoms with Gasteiger partial charge in [0.25, 0.3) is 0 Å². The number of halogens is 2. The van der Waals surface area contributed by atoms with E-state index in [4.69, 9.17) is 27.9 Å². The summed E-state index contributed by atoms with van der Waals surface area (Å²) < 4.78 is 5.93. The Bertz CT molecular complexity index is 880. The molecule has 0 bridgehead atoms. The van der Waals surface area contributed by atoms with Crippen LogP contribution in [-0.2, 0) is 16.1 Å². The molecule has 1 aromatic heterocycles. The van der Waals surface area contributed by atoms with Crippen LogP contribution in [0.5, 0.6) is 0 Å². The van der Waals surface area contributed by atoms with Crippen molar-refractivity contribution in [2.45, 2.75) is 22.4 Å². The van der Waals surface area contributed by atoms with Gasteiger partial charge in [0.05, 0.1) is 34.2 Å². The van der Waals surface area contributed by atoms with Crippen molar-refractivity contribution in [3.63, 3.8) is 0 Å². The first-order valence-electron chi connectivity index (χ1n) is 9.61. The Kier molecular flexibility index (Phi) is 7.67. The van der Waals surface area contributed by atoms with Crippen LogP contribution in [0.4, 0.5) is 5.69 Å². The molecule has 2 atom stereocenters. The summed E-state index contributed by atoms with van der Waals surface area (Å²) in [4.78, 5) is 18.9. The van der Waals surface area contributed by atoms with Gasteiger partial charge < -0.3 is 15.4 Å². The highest BCUT2D eigenvalue weighted by molar-refractivity contribution is 8.17. The number of rotatable bonds is 7. The lowest BCUT2D eigenvalue weighted by atomic mass is 10.2. The molecule has 1 saturated heterocycles. The largest absolute Gasteiger partial charge is 0.374 e. The van der Waals surface area contributed by atoms with Crippen LogP contribution < -0.4 is 10.6 Å². The number of aromatic nitrogens is 1. The van der Waals surface area contributed by atoms with Gasteiger partial charge in [-0.05, 0) is 29.8 Å². The summed E-state index contributed by atoms with van der Waals surface area (Å²) in [5.74, 6) is 0.398. The number of nitrogens with one attached hydrogen (secondary N) is 2. The molecule has 0 radical (unpaired) electrons. The molecule has 0 aliphatic carbocycles. The summed E-state index contributed by atoms with van der Waals surface area (Å²) in [6.07, 6.45) is 1.75. The molecule has 1 aromatic carbocycles. The van der Waals surface area contributed by atoms with Crippen LogP contribution in [-0.4, -0.2) is 58.6 Å². The molecule has 3 heterocycles. The van der Waals surface area contributed by atoms with Gasteiger partial charge in [0.15, 0.2) is 0 Å². The monoisotopic (exact) mass is 484 g/mol. The van der Waals surface area contributed by atoms with E-state index in [2.05, 4.69) is 20.5 Å². The van der Waals surface area contributed by atoms with Gasteiger partial charge in [0.1, 0.15) is 9.73 Å². The predicted octanol–water partition coefficient (Wildman–Crippen LogP) is 3.94. The molecule has 2 aliphatic heterocycles. The number of benzene rings is 1. The second-order valence-electron chi connectivity index (χ2n) is 7.04. The quantitative estimate of drug-likeness (QED) is 0.616. The standard InChI is InChI=1S/C20H22Cl2N4O2S2/c21-15-4-3-13(8-16(15)22)10-26-6-7-28-14(11-26)9-24-18(27)12-29-20-25-17-2-1-5-23-19(17)30-20/h1-5,8,14,20,25H,6-7,9-12H2,(H,24,27)/t14-,20?/m0/s1. The SMILES string of the molecule is O=C(CSC1Nc2cccnc2S1)NC[C@H]1CN(Cc2ccc(Cl)c(Cl)c2)CCO1. The van der Waals surface area contributed by atoms with Crippen LogP contribution in [0.3, 0.4) is 0 Å². The number of anilines is 1. The first-order chi connectivity index (χ1) is 14.6. The molecule has 2 N–H and O–H groups in total. The van der Waals surface area contributed by atoms with Gasteiger partial charge in [-0.25, -0.2) is 4.98 Å². The molecule has 1 amide bonds. The van der Waals surface area contributed by atoms with Crippen LogP contribution in [0.2, 0.25) is 10.0 Å². The average Bonchev–Trinajstić information content (AvgIpc) is 3.17. The van der Waals surface area contributed by atoms with Crippen LogP contribution >= 0.6 is 46.7 Å². The van der Waals surface area contributed by atoms with E-state index in [0.29, 0.717) is 28.9 Å². The first-order valence-corrected chi connectivity index (χ1v) is 12.3. The van der Waals surface area contributed by atoms with Gasteiger partial charge in [0, 0.05) is 32.4 Å². The summed E-state index contributed by atoms with van der Waals surface area (Å²) >= 11 is 15.3. The second-order valence-corrected chi connectivity index (χ2v) is 10.3. The third-order valence-electron chi connectivity index (χ3n) is 4.77. The highest BCUT2D eigenvalue weighted by atomic mass is 35.5. The number of thioether (sulfide) groups is 2. The van der Waals surface area contributed by atoms with E-state index in [0.717, 1.165) is 35.9 Å². The average molecular weight is 485 g/mol. The minimum atomic E-state index is -0.0251. The van der Waals surface area contributed by atoms with Crippen LogP contribution in [0, 0.1) is 0 Å². The third kappa shape index (κ3) is 5.96. The Morgan fingerprint density at radius 2 is 2.27 bits per heavy atom. The topological polar surface area (TPSA) is 66.5 Å². The van der Waals surface area contributed by atoms with E-state index in [1.165, 1.54) is 0 Å². The molecular weight excluding hydrogens is 463 g/mol. The highest BCUT2D eigenvalue weighted by Crippen LogP contribution is 2.41. The second kappa shape index (κ2) is 10.4. The summed E-state index contributed by atoms with van der Waals surface area (Å²) in [6, 6.07) is 9.61. The zero-order valence-corrected chi connectivity index (χ0v) is 19.3. The Morgan fingerprint density at radius 3 is 3.10 bits per heavy atom. The van der Waals surface area contributed by atoms with E-state index in [1.54, 1.807) is 29.7 Å². The minimum Gasteiger partial charge on any atom is -0.374 e. The molecule has 1 fully saturated rings. The van der Waals surface area contributed by atoms with Gasteiger partial charge in [0.2, 0.25) is 5.91 Å². The first kappa shape index (κ1) is 22.0. The molecule has 30 heavy (non-hydrogen) atoms. The van der Waals surface area contributed by atoms with Crippen LogP contribution in [0.1, 0.15) is 5.56 Å². The number of nitrogens with zero attached hydrogens (tertiary/aromatic N) is 2. The molecule has 10 heteroatoms. The fourth-order valence-corrected chi connectivity index (χ4v) is 5.75. The molecule has 6 nitrogen and oxygen atoms in total. The fourth-order valence-electron chi connectivity index (χ4n) is 3.30. The van der Waals surface area contributed by atoms with Gasteiger partial charge in [-0.3, -0.25) is 9.69 Å². The lowest BCUT2D eigenvalue weighted by Crippen LogP contribution is -2.47. The fraction of sp³-hybridized carbons (Fsp3) is 0.400. The highest BCUT2D eigenvalue weighted by Gasteiger charge is 2.24. The number of carbonyl (C=O) groups is 1. The maximum absolute atomic E-state index is 12.3. The summed E-state index contributed by atoms with van der Waals surface area (Å²) in [6.45, 7) is 3.53. The lowest BCUT2D eigenvalue weighted by molar-refractivity contribution is -0.119. The van der Waals surface area contributed by atoms with Crippen molar-refractivity contribution in [3.05, 3.63) is 52.1 Å². The Labute approximate surface area is 194 Å². The molecule has 0 saturated carbocycles. The Hall–Kier alpha value is -1.16. The van der Waals surface area contributed by atoms with E-state index in [1.807, 2.05) is 30.3 Å². The van der Waals surface area contributed by atoms with E-state index >= 15 is 0 Å². The summed E-state index contributed by atoms with van der Waals surface area (Å²) in [5.41, 5.74) is 2.14. The number of ether oxygens (including phenoxy) is 1. The summed E-state index contributed by atoms with van der Waals surface area (Å²) in [5, 5.41) is 8.47. The number of pyridine rings is 1. The van der Waals surface area contributed by atoms with Crippen molar-refractivity contribution >= 4 is 58.3 Å². The summed E-state index contributed by atoms with van der Waals surface area (Å²) in [7, 11) is 0. The van der Waals surface area contributed by atoms with Crippen molar-refractivity contribution in [1.29, 1.82) is 0 Å². The van der Waals surface area contributed by atoms with Crippen molar-refractivity contribution in [1.82, 2.24) is 15.2 Å². The number of fused-ring (bicyclic) bond motifs is 1. The normalized spacial score (nSPS) is 21.1. The molecule has 2 aliphatic rings. The van der Waals surface area contributed by atoms with Crippen molar-refractivity contribution < 1.29 is 9.53 Å². The number of hydrogen-bond donors (Lipinski definition) is 2. The Morgan fingerprint density at radius 1 is 1.37 bits per heavy atom. The maximum atomic E-state index is 12.3. The number of hydrogen-bond acceptors (Lipinski definition) is 7. The van der Waals surface area contributed by atoms with Gasteiger partial charge in [-0.2, -0.15) is 0 Å². The lowest BCUT2D eigenvalue weighted by Gasteiger charge is -2.33. The zero-order valence-electron chi connectivity index (χ0n) is 16.1. The number of carbonyl (C=O) groups excluding carboxylic acids is 1. The van der Waals surface area contributed by atoms with Crippen molar-refractivity contribution in [2.75, 3.05) is 37.3 Å². The predicted molar refractivity (Wildman–Crippen MR) is 124 cm³/mol. The van der Waals surface area contributed by atoms with Gasteiger partial charge >= 0.3 is 0 Å². The maximum Gasteiger partial charge on any atom is 0.230 e. The molecule has 4 rings (SSSR count). The Balaban J connectivity index is 1.17. The number of morpholine rings is 1. The van der Waals surface area contributed by atoms with E-state index < -0.39 is 0 Å². The molecule has 0 spiro atoms. The van der Waals surface area contributed by atoms with Gasteiger partial charge in [-0.15, -0.1) is 11.8 Å². The van der Waals surface area contributed by atoms with E-state index in [-0.39, 0.29) is 16.7 Å². The van der Waals surface area contributed by atoms with Crippen LogP contribution in [0.25, 0.3) is 0 Å². The molecular formula is C20H22Cl2N4O2S2. The third-order valence-corrected chi connectivity index (χ3v) is 7.93. The molecule has 1 unspecified atom stereocenters. The van der Waals surface area contributed by atoms with Crippen LogP contribution in [0.15, 0.2) is 41.6 Å². The molecule has 2 aromatic rings. The van der Waals surface area contributed by atoms with Gasteiger partial charge in [-0.1, -0.05) is 41.0 Å². The molecule has 160 valence electrons. The van der Waals surface area contributed by atoms with Crippen molar-refractivity contribution in [3.8, 4) is 0 Å². The van der Waals surface area contributed by atoms with Crippen molar-refractivity contribution in [2.24, 2.45) is 0 Å².